The van der Waals surface area contributed by atoms with Crippen molar-refractivity contribution < 1.29 is 69.6 Å². The molecule has 8 aliphatic rings. The van der Waals surface area contributed by atoms with E-state index in [0.29, 0.717) is 19.3 Å². The average molecular weight is 785 g/mol. The van der Waals surface area contributed by atoms with Crippen LogP contribution >= 0.6 is 0 Å². The van der Waals surface area contributed by atoms with Crippen molar-refractivity contribution in [2.45, 2.75) is 197 Å². The number of hydrogen-bond donors (Lipinski definition) is 9. The van der Waals surface area contributed by atoms with Crippen LogP contribution in [0.3, 0.4) is 0 Å². The first kappa shape index (κ1) is 41.2. The molecule has 21 atom stereocenters. The SMILES string of the molecule is CC1(C)C(O[C@@H]2OC[C@@H](O)[C@H](O)[C@H]2O[C@@H]2O[C@H](CO)[C@@H](O)[C@H](O)[C@H]2O)CC[C@]23CC24CC[C@]2(C)[C@@H]([C@@]5(C)CC[C@@H](C(C)(C)O)O5)[C@@H](O)C[C@@]2(C)C4C[C@H](O)C13. The minimum Gasteiger partial charge on any atom is -0.394 e. The van der Waals surface area contributed by atoms with Crippen molar-refractivity contribution in [2.24, 2.45) is 44.8 Å². The Balaban J connectivity index is 1.02. The number of rotatable bonds is 7. The Morgan fingerprint density at radius 2 is 1.42 bits per heavy atom. The van der Waals surface area contributed by atoms with E-state index in [-0.39, 0.29) is 52.1 Å². The summed E-state index contributed by atoms with van der Waals surface area (Å²) in [6, 6.07) is 0. The molecule has 4 unspecified atom stereocenters. The summed E-state index contributed by atoms with van der Waals surface area (Å²) in [4.78, 5) is 0. The Morgan fingerprint density at radius 3 is 2.07 bits per heavy atom. The molecule has 5 aliphatic carbocycles. The van der Waals surface area contributed by atoms with Gasteiger partial charge >= 0.3 is 0 Å². The fourth-order valence-electron chi connectivity index (χ4n) is 14.9. The molecule has 0 amide bonds. The minimum atomic E-state index is -1.72. The van der Waals surface area contributed by atoms with Crippen molar-refractivity contribution >= 4 is 0 Å². The molecule has 55 heavy (non-hydrogen) atoms. The lowest BCUT2D eigenvalue weighted by molar-refractivity contribution is -0.366. The standard InChI is InChI=1S/C41H68O14/c1-35(2)24(53-34-30(26(46)21(45)17-51-34)54-33-29(49)28(48)27(47)22(16-42)52-33)9-11-41-18-40(41)13-12-37(5)32(39(7)10-8-25(55-39)36(3,4)50)20(44)15-38(37,6)23(40)14-19(43)31(35)41/h19-34,42-50H,8-18H2,1-7H3/t19-,20-,21+,22+,23?,24?,25-,26-,27+,28-,29+,30+,31?,32-,33-,34-,37+,38-,39+,40?,41+/m0/s1. The highest BCUT2D eigenvalue weighted by Gasteiger charge is 2.85. The van der Waals surface area contributed by atoms with Gasteiger partial charge in [-0.3, -0.25) is 0 Å². The van der Waals surface area contributed by atoms with Gasteiger partial charge in [0.2, 0.25) is 0 Å². The van der Waals surface area contributed by atoms with Gasteiger partial charge in [0.1, 0.15) is 42.7 Å². The fourth-order valence-corrected chi connectivity index (χ4v) is 14.9. The van der Waals surface area contributed by atoms with Crippen molar-refractivity contribution in [3.8, 4) is 0 Å². The lowest BCUT2D eigenvalue weighted by Gasteiger charge is -2.64. The normalized spacial score (nSPS) is 58.7. The minimum absolute atomic E-state index is 0.0193. The number of ether oxygens (including phenoxy) is 5. The van der Waals surface area contributed by atoms with E-state index >= 15 is 0 Å². The summed E-state index contributed by atoms with van der Waals surface area (Å²) < 4.78 is 30.9. The van der Waals surface area contributed by atoms with Crippen LogP contribution in [0.25, 0.3) is 0 Å². The van der Waals surface area contributed by atoms with Crippen LogP contribution in [0.15, 0.2) is 0 Å². The second-order valence-corrected chi connectivity index (χ2v) is 21.1. The van der Waals surface area contributed by atoms with Gasteiger partial charge in [0.05, 0.1) is 48.8 Å². The largest absolute Gasteiger partial charge is 0.394 e. The van der Waals surface area contributed by atoms with Crippen LogP contribution in [0.4, 0.5) is 0 Å². The van der Waals surface area contributed by atoms with Crippen LogP contribution in [0, 0.1) is 44.8 Å². The topological polar surface area (TPSA) is 228 Å². The first-order chi connectivity index (χ1) is 25.5. The molecule has 3 aliphatic heterocycles. The zero-order chi connectivity index (χ0) is 40.1. The van der Waals surface area contributed by atoms with E-state index in [2.05, 4.69) is 34.6 Å². The van der Waals surface area contributed by atoms with Crippen LogP contribution in [0.2, 0.25) is 0 Å². The molecule has 8 rings (SSSR count). The molecular formula is C41H68O14. The van der Waals surface area contributed by atoms with Crippen LogP contribution in [-0.4, -0.2) is 150 Å². The second kappa shape index (κ2) is 13.2. The Kier molecular flexibility index (Phi) is 9.90. The molecule has 0 radical (unpaired) electrons. The van der Waals surface area contributed by atoms with E-state index in [1.807, 2.05) is 0 Å². The number of aliphatic hydroxyl groups is 9. The second-order valence-electron chi connectivity index (χ2n) is 21.1. The molecule has 0 aromatic carbocycles. The van der Waals surface area contributed by atoms with Crippen molar-refractivity contribution in [1.29, 1.82) is 0 Å². The van der Waals surface area contributed by atoms with Crippen molar-refractivity contribution in [2.75, 3.05) is 13.2 Å². The smallest absolute Gasteiger partial charge is 0.187 e. The summed E-state index contributed by atoms with van der Waals surface area (Å²) in [6.45, 7) is 13.8. The molecule has 0 aromatic rings. The Labute approximate surface area is 324 Å². The molecule has 0 bridgehead atoms. The summed E-state index contributed by atoms with van der Waals surface area (Å²) in [5.41, 5.74) is -2.64. The van der Waals surface area contributed by atoms with Crippen LogP contribution in [0.5, 0.6) is 0 Å². The molecule has 0 aromatic heterocycles. The zero-order valence-corrected chi connectivity index (χ0v) is 33.6. The third-order valence-electron chi connectivity index (χ3n) is 17.6. The highest BCUT2D eigenvalue weighted by molar-refractivity contribution is 5.33. The fraction of sp³-hybridized carbons (Fsp3) is 1.00. The Bertz CT molecular complexity index is 1460. The molecule has 3 saturated heterocycles. The average Bonchev–Trinajstić information content (AvgIpc) is 3.45. The molecule has 316 valence electrons. The van der Waals surface area contributed by atoms with E-state index in [9.17, 15) is 46.0 Å². The monoisotopic (exact) mass is 784 g/mol. The van der Waals surface area contributed by atoms with Crippen LogP contribution in [0.1, 0.15) is 106 Å². The first-order valence-corrected chi connectivity index (χ1v) is 20.9. The lowest BCUT2D eigenvalue weighted by Crippen LogP contribution is -2.64. The van der Waals surface area contributed by atoms with Gasteiger partial charge < -0.3 is 69.6 Å². The predicted molar refractivity (Wildman–Crippen MR) is 194 cm³/mol. The summed E-state index contributed by atoms with van der Waals surface area (Å²) in [7, 11) is 0. The number of hydrogen-bond acceptors (Lipinski definition) is 14. The highest BCUT2D eigenvalue weighted by atomic mass is 16.8. The van der Waals surface area contributed by atoms with E-state index in [1.54, 1.807) is 13.8 Å². The molecule has 14 heteroatoms. The first-order valence-electron chi connectivity index (χ1n) is 20.9. The van der Waals surface area contributed by atoms with E-state index in [1.165, 1.54) is 0 Å². The van der Waals surface area contributed by atoms with E-state index in [0.717, 1.165) is 38.5 Å². The van der Waals surface area contributed by atoms with E-state index in [4.69, 9.17) is 23.7 Å². The molecule has 3 heterocycles. The van der Waals surface area contributed by atoms with Crippen molar-refractivity contribution in [1.82, 2.24) is 0 Å². The quantitative estimate of drug-likeness (QED) is 0.162. The summed E-state index contributed by atoms with van der Waals surface area (Å²) in [5, 5.41) is 97.9. The van der Waals surface area contributed by atoms with Gasteiger partial charge in [0.25, 0.3) is 0 Å². The molecule has 2 spiro atoms. The Hall–Kier alpha value is -0.560. The third kappa shape index (κ3) is 5.70. The highest BCUT2D eigenvalue weighted by Crippen LogP contribution is 2.89. The number of aliphatic hydroxyl groups excluding tert-OH is 8. The van der Waals surface area contributed by atoms with Gasteiger partial charge in [-0.2, -0.15) is 0 Å². The summed E-state index contributed by atoms with van der Waals surface area (Å²) in [6.07, 6.45) is -7.87. The van der Waals surface area contributed by atoms with Gasteiger partial charge in [-0.25, -0.2) is 0 Å². The van der Waals surface area contributed by atoms with Gasteiger partial charge in [0.15, 0.2) is 12.6 Å². The predicted octanol–water partition coefficient (Wildman–Crippen LogP) is 0.724. The van der Waals surface area contributed by atoms with Crippen molar-refractivity contribution in [3.63, 3.8) is 0 Å². The maximum Gasteiger partial charge on any atom is 0.187 e. The van der Waals surface area contributed by atoms with Gasteiger partial charge in [-0.1, -0.05) is 27.7 Å². The maximum absolute atomic E-state index is 12.4. The maximum atomic E-state index is 12.4. The van der Waals surface area contributed by atoms with Gasteiger partial charge in [-0.05, 0) is 117 Å². The summed E-state index contributed by atoms with van der Waals surface area (Å²) in [5.74, 6) is 0.0159. The third-order valence-corrected chi connectivity index (χ3v) is 17.6. The molecule has 8 fully saturated rings. The van der Waals surface area contributed by atoms with Crippen LogP contribution < -0.4 is 0 Å². The Morgan fingerprint density at radius 1 is 0.709 bits per heavy atom. The molecular weight excluding hydrogens is 716 g/mol. The van der Waals surface area contributed by atoms with Gasteiger partial charge in [-0.15, -0.1) is 0 Å². The summed E-state index contributed by atoms with van der Waals surface area (Å²) >= 11 is 0. The molecule has 9 N–H and O–H groups in total. The van der Waals surface area contributed by atoms with Crippen molar-refractivity contribution in [3.05, 3.63) is 0 Å². The molecule has 5 saturated carbocycles. The zero-order valence-electron chi connectivity index (χ0n) is 33.6. The number of fused-ring (bicyclic) bond motifs is 2. The van der Waals surface area contributed by atoms with E-state index < -0.39 is 96.8 Å². The van der Waals surface area contributed by atoms with Crippen LogP contribution in [-0.2, 0) is 23.7 Å². The molecule has 14 nitrogen and oxygen atoms in total. The lowest BCUT2D eigenvalue weighted by atomic mass is 9.41. The van der Waals surface area contributed by atoms with Gasteiger partial charge in [0, 0.05) is 5.92 Å².